The summed E-state index contributed by atoms with van der Waals surface area (Å²) in [5.74, 6) is -0.957. The third-order valence-corrected chi connectivity index (χ3v) is 2.22. The zero-order valence-corrected chi connectivity index (χ0v) is 9.38. The largest absolute Gasteiger partial charge is 0.480 e. The van der Waals surface area contributed by atoms with E-state index in [9.17, 15) is 4.79 Å². The summed E-state index contributed by atoms with van der Waals surface area (Å²) < 4.78 is 0. The Morgan fingerprint density at radius 1 is 1.60 bits per heavy atom. The fourth-order valence-corrected chi connectivity index (χ4v) is 1.27. The first-order valence-corrected chi connectivity index (χ1v) is 4.98. The molecule has 15 heavy (non-hydrogen) atoms. The Morgan fingerprint density at radius 2 is 2.27 bits per heavy atom. The molecule has 1 atom stereocenters. The van der Waals surface area contributed by atoms with E-state index in [1.54, 1.807) is 6.92 Å². The second kappa shape index (κ2) is 5.14. The van der Waals surface area contributed by atoms with Crippen LogP contribution in [-0.2, 0) is 4.79 Å². The molecule has 0 saturated heterocycles. The molecule has 1 aromatic rings. The van der Waals surface area contributed by atoms with Crippen LogP contribution >= 0.6 is 23.2 Å². The summed E-state index contributed by atoms with van der Waals surface area (Å²) in [5, 5.41) is 18.9. The number of carbonyl (C=O) groups is 1. The smallest absolute Gasteiger partial charge is 0.326 e. The van der Waals surface area contributed by atoms with Gasteiger partial charge in [0, 0.05) is 6.07 Å². The van der Waals surface area contributed by atoms with E-state index in [1.165, 1.54) is 6.07 Å². The van der Waals surface area contributed by atoms with Crippen molar-refractivity contribution in [2.45, 2.75) is 19.4 Å². The highest BCUT2D eigenvalue weighted by Crippen LogP contribution is 2.21. The average Bonchev–Trinajstić information content (AvgIpc) is 2.18. The van der Waals surface area contributed by atoms with E-state index in [4.69, 9.17) is 28.3 Å². The van der Waals surface area contributed by atoms with Gasteiger partial charge in [-0.3, -0.25) is 0 Å². The lowest BCUT2D eigenvalue weighted by Crippen LogP contribution is -2.28. The Kier molecular flexibility index (Phi) is 4.11. The van der Waals surface area contributed by atoms with E-state index in [-0.39, 0.29) is 10.3 Å². The normalized spacial score (nSPS) is 12.2. The number of aliphatic carboxylic acids is 1. The van der Waals surface area contributed by atoms with Gasteiger partial charge >= 0.3 is 5.97 Å². The van der Waals surface area contributed by atoms with Crippen LogP contribution in [0.1, 0.15) is 13.3 Å². The number of nitrogens with zero attached hydrogens (tertiary/aromatic N) is 2. The van der Waals surface area contributed by atoms with Crippen molar-refractivity contribution in [2.24, 2.45) is 0 Å². The summed E-state index contributed by atoms with van der Waals surface area (Å²) >= 11 is 11.3. The minimum absolute atomic E-state index is 0.0964. The van der Waals surface area contributed by atoms with Crippen molar-refractivity contribution in [3.05, 3.63) is 16.4 Å². The van der Waals surface area contributed by atoms with Gasteiger partial charge < -0.3 is 10.4 Å². The van der Waals surface area contributed by atoms with Gasteiger partial charge in [0.2, 0.25) is 0 Å². The van der Waals surface area contributed by atoms with Crippen molar-refractivity contribution in [1.29, 1.82) is 0 Å². The van der Waals surface area contributed by atoms with E-state index in [0.29, 0.717) is 12.1 Å². The van der Waals surface area contributed by atoms with Crippen molar-refractivity contribution in [3.63, 3.8) is 0 Å². The van der Waals surface area contributed by atoms with Crippen LogP contribution in [-0.4, -0.2) is 27.3 Å². The lowest BCUT2D eigenvalue weighted by atomic mass is 10.2. The van der Waals surface area contributed by atoms with Crippen LogP contribution in [0.3, 0.4) is 0 Å². The number of carboxylic acid groups (broad SMARTS) is 1. The van der Waals surface area contributed by atoms with Gasteiger partial charge in [0.05, 0.1) is 5.69 Å². The fourth-order valence-electron chi connectivity index (χ4n) is 0.980. The molecule has 0 bridgehead atoms. The minimum atomic E-state index is -0.957. The van der Waals surface area contributed by atoms with Gasteiger partial charge in [0.15, 0.2) is 10.3 Å². The quantitative estimate of drug-likeness (QED) is 0.855. The van der Waals surface area contributed by atoms with E-state index >= 15 is 0 Å². The van der Waals surface area contributed by atoms with Crippen molar-refractivity contribution in [1.82, 2.24) is 10.2 Å². The van der Waals surface area contributed by atoms with Crippen LogP contribution in [0.5, 0.6) is 0 Å². The Labute approximate surface area is 96.4 Å². The molecular formula is C8H9Cl2N3O2. The van der Waals surface area contributed by atoms with E-state index in [1.807, 2.05) is 0 Å². The highest BCUT2D eigenvalue weighted by atomic mass is 35.5. The van der Waals surface area contributed by atoms with Crippen LogP contribution in [0.4, 0.5) is 5.69 Å². The maximum Gasteiger partial charge on any atom is 0.326 e. The first kappa shape index (κ1) is 12.0. The molecule has 0 spiro atoms. The monoisotopic (exact) mass is 249 g/mol. The summed E-state index contributed by atoms with van der Waals surface area (Å²) in [5.41, 5.74) is 0.367. The SMILES string of the molecule is CCC(Nc1cc(Cl)nnc1Cl)C(=O)O. The lowest BCUT2D eigenvalue weighted by molar-refractivity contribution is -0.137. The average molecular weight is 250 g/mol. The Bertz CT molecular complexity index is 373. The first-order chi connectivity index (χ1) is 7.04. The number of carboxylic acids is 1. The Balaban J connectivity index is 2.87. The van der Waals surface area contributed by atoms with E-state index in [2.05, 4.69) is 15.5 Å². The maximum absolute atomic E-state index is 10.8. The molecule has 0 amide bonds. The zero-order valence-electron chi connectivity index (χ0n) is 7.87. The van der Waals surface area contributed by atoms with E-state index < -0.39 is 12.0 Å². The summed E-state index contributed by atoms with van der Waals surface area (Å²) in [6.45, 7) is 1.75. The van der Waals surface area contributed by atoms with Crippen molar-refractivity contribution >= 4 is 34.9 Å². The molecule has 1 unspecified atom stereocenters. The van der Waals surface area contributed by atoms with Crippen LogP contribution in [0.2, 0.25) is 10.3 Å². The minimum Gasteiger partial charge on any atom is -0.480 e. The summed E-state index contributed by atoms with van der Waals surface area (Å²) in [7, 11) is 0. The van der Waals surface area contributed by atoms with Crippen molar-refractivity contribution in [3.8, 4) is 0 Å². The molecule has 0 saturated carbocycles. The van der Waals surface area contributed by atoms with E-state index in [0.717, 1.165) is 0 Å². The maximum atomic E-state index is 10.8. The number of hydrogen-bond donors (Lipinski definition) is 2. The first-order valence-electron chi connectivity index (χ1n) is 4.22. The van der Waals surface area contributed by atoms with Crippen LogP contribution in [0.25, 0.3) is 0 Å². The number of hydrogen-bond acceptors (Lipinski definition) is 4. The molecule has 0 aromatic carbocycles. The summed E-state index contributed by atoms with van der Waals surface area (Å²) in [4.78, 5) is 10.8. The number of halogens is 2. The molecule has 5 nitrogen and oxygen atoms in total. The molecule has 0 radical (unpaired) electrons. The number of rotatable bonds is 4. The lowest BCUT2D eigenvalue weighted by Gasteiger charge is -2.13. The molecule has 0 aliphatic rings. The van der Waals surface area contributed by atoms with Gasteiger partial charge in [-0.05, 0) is 6.42 Å². The highest BCUT2D eigenvalue weighted by molar-refractivity contribution is 6.33. The summed E-state index contributed by atoms with van der Waals surface area (Å²) in [6.07, 6.45) is 0.422. The van der Waals surface area contributed by atoms with Crippen molar-refractivity contribution < 1.29 is 9.90 Å². The van der Waals surface area contributed by atoms with Crippen LogP contribution in [0, 0.1) is 0 Å². The third-order valence-electron chi connectivity index (χ3n) is 1.76. The number of nitrogens with one attached hydrogen (secondary N) is 1. The number of anilines is 1. The van der Waals surface area contributed by atoms with Crippen LogP contribution in [0.15, 0.2) is 6.07 Å². The van der Waals surface area contributed by atoms with Gasteiger partial charge in [-0.1, -0.05) is 30.1 Å². The topological polar surface area (TPSA) is 75.1 Å². The zero-order chi connectivity index (χ0) is 11.4. The molecule has 7 heteroatoms. The van der Waals surface area contributed by atoms with Crippen molar-refractivity contribution in [2.75, 3.05) is 5.32 Å². The second-order valence-electron chi connectivity index (χ2n) is 2.81. The Hall–Kier alpha value is -1.07. The Morgan fingerprint density at radius 3 is 2.80 bits per heavy atom. The molecular weight excluding hydrogens is 241 g/mol. The number of aromatic nitrogens is 2. The molecule has 0 aliphatic heterocycles. The summed E-state index contributed by atoms with van der Waals surface area (Å²) in [6, 6.07) is 0.713. The fraction of sp³-hybridized carbons (Fsp3) is 0.375. The molecule has 2 N–H and O–H groups in total. The predicted molar refractivity (Wildman–Crippen MR) is 57.4 cm³/mol. The standard InChI is InChI=1S/C8H9Cl2N3O2/c1-2-4(8(14)15)11-5-3-6(9)12-13-7(5)10/h3-4H,2H2,1H3,(H,11,12)(H,14,15). The molecule has 82 valence electrons. The molecule has 1 rings (SSSR count). The molecule has 0 aliphatic carbocycles. The van der Waals surface area contributed by atoms with Gasteiger partial charge in [-0.25, -0.2) is 4.79 Å². The highest BCUT2D eigenvalue weighted by Gasteiger charge is 2.16. The van der Waals surface area contributed by atoms with Gasteiger partial charge in [-0.2, -0.15) is 0 Å². The van der Waals surface area contributed by atoms with Gasteiger partial charge in [-0.15, -0.1) is 10.2 Å². The van der Waals surface area contributed by atoms with Gasteiger partial charge in [0.1, 0.15) is 6.04 Å². The van der Waals surface area contributed by atoms with Crippen LogP contribution < -0.4 is 5.32 Å². The molecule has 0 fully saturated rings. The molecule has 1 heterocycles. The third kappa shape index (κ3) is 3.21. The predicted octanol–water partition coefficient (Wildman–Crippen LogP) is 2.06. The van der Waals surface area contributed by atoms with Gasteiger partial charge in [0.25, 0.3) is 0 Å². The molecule has 1 aromatic heterocycles. The second-order valence-corrected chi connectivity index (χ2v) is 3.56.